The van der Waals surface area contributed by atoms with Gasteiger partial charge in [-0.3, -0.25) is 0 Å². The standard InChI is InChI=1S/C16H16BrNO3/c1-3-20-16(19)14-13(10-5-6-10)18-15(21-14)11-8-9(2)4-7-12(11)17/h4,7-8,10H,3,5-6H2,1-2H3. The zero-order valence-electron chi connectivity index (χ0n) is 12.0. The van der Waals surface area contributed by atoms with E-state index in [1.165, 1.54) is 0 Å². The van der Waals surface area contributed by atoms with E-state index in [1.54, 1.807) is 6.92 Å². The van der Waals surface area contributed by atoms with Crippen molar-refractivity contribution in [2.45, 2.75) is 32.6 Å². The lowest BCUT2D eigenvalue weighted by Gasteiger charge is -2.01. The fourth-order valence-corrected chi connectivity index (χ4v) is 2.64. The predicted molar refractivity (Wildman–Crippen MR) is 82.3 cm³/mol. The number of oxazole rings is 1. The maximum atomic E-state index is 12.0. The molecule has 0 radical (unpaired) electrons. The Balaban J connectivity index is 2.05. The molecule has 1 heterocycles. The van der Waals surface area contributed by atoms with Gasteiger partial charge in [0.15, 0.2) is 0 Å². The zero-order chi connectivity index (χ0) is 15.0. The number of nitrogens with zero attached hydrogens (tertiary/aromatic N) is 1. The van der Waals surface area contributed by atoms with Crippen molar-refractivity contribution in [2.24, 2.45) is 0 Å². The molecule has 1 fully saturated rings. The number of hydrogen-bond acceptors (Lipinski definition) is 4. The second-order valence-electron chi connectivity index (χ2n) is 5.21. The number of aryl methyl sites for hydroxylation is 1. The Labute approximate surface area is 131 Å². The van der Waals surface area contributed by atoms with Crippen LogP contribution >= 0.6 is 15.9 Å². The van der Waals surface area contributed by atoms with Gasteiger partial charge < -0.3 is 9.15 Å². The number of carbonyl (C=O) groups excluding carboxylic acids is 1. The number of esters is 1. The summed E-state index contributed by atoms with van der Waals surface area (Å²) in [6.07, 6.45) is 2.10. The Morgan fingerprint density at radius 2 is 2.24 bits per heavy atom. The quantitative estimate of drug-likeness (QED) is 0.764. The van der Waals surface area contributed by atoms with E-state index >= 15 is 0 Å². The maximum Gasteiger partial charge on any atom is 0.376 e. The van der Waals surface area contributed by atoms with Gasteiger partial charge in [-0.2, -0.15) is 0 Å². The molecular weight excluding hydrogens is 334 g/mol. The van der Waals surface area contributed by atoms with Crippen LogP contribution in [0, 0.1) is 6.92 Å². The Kier molecular flexibility index (Phi) is 3.85. The molecule has 0 spiro atoms. The van der Waals surface area contributed by atoms with Gasteiger partial charge in [0, 0.05) is 10.4 Å². The summed E-state index contributed by atoms with van der Waals surface area (Å²) in [6.45, 7) is 4.11. The summed E-state index contributed by atoms with van der Waals surface area (Å²) in [5.74, 6) is 0.616. The van der Waals surface area contributed by atoms with E-state index in [4.69, 9.17) is 9.15 Å². The summed E-state index contributed by atoms with van der Waals surface area (Å²) in [5.41, 5.74) is 2.70. The first kappa shape index (κ1) is 14.3. The molecule has 0 atom stereocenters. The highest BCUT2D eigenvalue weighted by atomic mass is 79.9. The van der Waals surface area contributed by atoms with Gasteiger partial charge in [0.2, 0.25) is 11.7 Å². The Hall–Kier alpha value is -1.62. The molecule has 2 aromatic rings. The first-order valence-electron chi connectivity index (χ1n) is 7.04. The van der Waals surface area contributed by atoms with Gasteiger partial charge in [0.1, 0.15) is 0 Å². The van der Waals surface area contributed by atoms with E-state index in [0.717, 1.165) is 34.1 Å². The van der Waals surface area contributed by atoms with E-state index in [2.05, 4.69) is 20.9 Å². The van der Waals surface area contributed by atoms with E-state index < -0.39 is 5.97 Å². The normalized spacial score (nSPS) is 14.2. The van der Waals surface area contributed by atoms with E-state index in [-0.39, 0.29) is 5.76 Å². The van der Waals surface area contributed by atoms with Gasteiger partial charge in [0.25, 0.3) is 0 Å². The van der Waals surface area contributed by atoms with Gasteiger partial charge in [-0.1, -0.05) is 11.6 Å². The molecular formula is C16H16BrNO3. The largest absolute Gasteiger partial charge is 0.460 e. The lowest BCUT2D eigenvalue weighted by atomic mass is 10.1. The van der Waals surface area contributed by atoms with Crippen LogP contribution in [0.2, 0.25) is 0 Å². The molecule has 0 amide bonds. The highest BCUT2D eigenvalue weighted by molar-refractivity contribution is 9.10. The molecule has 1 aromatic carbocycles. The van der Waals surface area contributed by atoms with Crippen molar-refractivity contribution in [1.29, 1.82) is 0 Å². The van der Waals surface area contributed by atoms with E-state index in [1.807, 2.05) is 25.1 Å². The molecule has 4 nitrogen and oxygen atoms in total. The number of ether oxygens (including phenoxy) is 1. The third kappa shape index (κ3) is 2.88. The monoisotopic (exact) mass is 349 g/mol. The van der Waals surface area contributed by atoms with Gasteiger partial charge in [-0.05, 0) is 54.8 Å². The van der Waals surface area contributed by atoms with Crippen molar-refractivity contribution in [3.05, 3.63) is 39.7 Å². The van der Waals surface area contributed by atoms with Crippen molar-refractivity contribution >= 4 is 21.9 Å². The lowest BCUT2D eigenvalue weighted by molar-refractivity contribution is 0.0489. The predicted octanol–water partition coefficient (Wildman–Crippen LogP) is 4.47. The molecule has 1 aliphatic carbocycles. The maximum absolute atomic E-state index is 12.0. The third-order valence-electron chi connectivity index (χ3n) is 3.43. The topological polar surface area (TPSA) is 52.3 Å². The van der Waals surface area contributed by atoms with Crippen LogP contribution < -0.4 is 0 Å². The van der Waals surface area contributed by atoms with Crippen LogP contribution in [0.25, 0.3) is 11.5 Å². The molecule has 21 heavy (non-hydrogen) atoms. The van der Waals surface area contributed by atoms with Crippen LogP contribution in [0.5, 0.6) is 0 Å². The molecule has 1 aromatic heterocycles. The third-order valence-corrected chi connectivity index (χ3v) is 4.12. The van der Waals surface area contributed by atoms with Crippen molar-refractivity contribution in [3.63, 3.8) is 0 Å². The fourth-order valence-electron chi connectivity index (χ4n) is 2.23. The van der Waals surface area contributed by atoms with E-state index in [9.17, 15) is 4.79 Å². The lowest BCUT2D eigenvalue weighted by Crippen LogP contribution is -2.05. The van der Waals surface area contributed by atoms with Crippen molar-refractivity contribution in [2.75, 3.05) is 6.61 Å². The summed E-state index contributed by atoms with van der Waals surface area (Å²) in [6, 6.07) is 5.95. The van der Waals surface area contributed by atoms with Crippen LogP contribution in [0.4, 0.5) is 0 Å². The first-order chi connectivity index (χ1) is 10.1. The van der Waals surface area contributed by atoms with Gasteiger partial charge in [0.05, 0.1) is 17.9 Å². The number of carbonyl (C=O) groups is 1. The van der Waals surface area contributed by atoms with Crippen molar-refractivity contribution < 1.29 is 13.9 Å². The Bertz CT molecular complexity index is 689. The Morgan fingerprint density at radius 1 is 1.48 bits per heavy atom. The zero-order valence-corrected chi connectivity index (χ0v) is 13.6. The molecule has 0 aliphatic heterocycles. The molecule has 0 bridgehead atoms. The highest BCUT2D eigenvalue weighted by Gasteiger charge is 2.34. The molecule has 0 unspecified atom stereocenters. The van der Waals surface area contributed by atoms with Crippen LogP contribution in [-0.4, -0.2) is 17.6 Å². The molecule has 110 valence electrons. The fraction of sp³-hybridized carbons (Fsp3) is 0.375. The van der Waals surface area contributed by atoms with E-state index in [0.29, 0.717) is 18.4 Å². The molecule has 0 saturated heterocycles. The average Bonchev–Trinajstić information content (AvgIpc) is 3.21. The minimum Gasteiger partial charge on any atom is -0.460 e. The van der Waals surface area contributed by atoms with Crippen molar-refractivity contribution in [1.82, 2.24) is 4.98 Å². The average molecular weight is 350 g/mol. The Morgan fingerprint density at radius 3 is 2.90 bits per heavy atom. The second-order valence-corrected chi connectivity index (χ2v) is 6.07. The molecule has 5 heteroatoms. The summed E-state index contributed by atoms with van der Waals surface area (Å²) in [4.78, 5) is 16.6. The van der Waals surface area contributed by atoms with Crippen LogP contribution in [0.3, 0.4) is 0 Å². The minimum absolute atomic E-state index is 0.253. The molecule has 3 rings (SSSR count). The van der Waals surface area contributed by atoms with Gasteiger partial charge in [-0.15, -0.1) is 0 Å². The number of halogens is 1. The number of hydrogen-bond donors (Lipinski definition) is 0. The second kappa shape index (κ2) is 5.64. The molecule has 1 aliphatic rings. The number of aromatic nitrogens is 1. The van der Waals surface area contributed by atoms with Crippen LogP contribution in [-0.2, 0) is 4.74 Å². The SMILES string of the molecule is CCOC(=O)c1oc(-c2cc(C)ccc2Br)nc1C1CC1. The molecule has 1 saturated carbocycles. The summed E-state index contributed by atoms with van der Waals surface area (Å²) < 4.78 is 11.7. The smallest absolute Gasteiger partial charge is 0.376 e. The van der Waals surface area contributed by atoms with Crippen molar-refractivity contribution in [3.8, 4) is 11.5 Å². The summed E-state index contributed by atoms with van der Waals surface area (Å²) in [5, 5.41) is 0. The summed E-state index contributed by atoms with van der Waals surface area (Å²) >= 11 is 3.51. The number of rotatable bonds is 4. The van der Waals surface area contributed by atoms with Gasteiger partial charge >= 0.3 is 5.97 Å². The first-order valence-corrected chi connectivity index (χ1v) is 7.83. The number of benzene rings is 1. The minimum atomic E-state index is -0.429. The molecule has 0 N–H and O–H groups in total. The highest BCUT2D eigenvalue weighted by Crippen LogP contribution is 2.43. The summed E-state index contributed by atoms with van der Waals surface area (Å²) in [7, 11) is 0. The van der Waals surface area contributed by atoms with Crippen LogP contribution in [0.1, 0.15) is 47.5 Å². The van der Waals surface area contributed by atoms with Gasteiger partial charge in [-0.25, -0.2) is 9.78 Å². The van der Waals surface area contributed by atoms with Crippen LogP contribution in [0.15, 0.2) is 27.1 Å².